The number of para-hydroxylation sites is 1. The van der Waals surface area contributed by atoms with Gasteiger partial charge in [0, 0.05) is 0 Å². The molecule has 1 amide bonds. The molecule has 0 radical (unpaired) electrons. The summed E-state index contributed by atoms with van der Waals surface area (Å²) in [7, 11) is 0. The normalized spacial score (nSPS) is 9.78. The second-order valence-electron chi connectivity index (χ2n) is 4.41. The first-order chi connectivity index (χ1) is 11.0. The van der Waals surface area contributed by atoms with Crippen LogP contribution >= 0.6 is 23.2 Å². The van der Waals surface area contributed by atoms with Crippen molar-refractivity contribution in [2.24, 2.45) is 0 Å². The lowest BCUT2D eigenvalue weighted by molar-refractivity contribution is -0.119. The van der Waals surface area contributed by atoms with E-state index >= 15 is 0 Å². The third-order valence-corrected chi connectivity index (χ3v) is 3.44. The van der Waals surface area contributed by atoms with Gasteiger partial charge < -0.3 is 10.1 Å². The fourth-order valence-electron chi connectivity index (χ4n) is 1.69. The molecule has 0 aliphatic carbocycles. The molecule has 5 nitrogen and oxygen atoms in total. The molecule has 0 atom stereocenters. The van der Waals surface area contributed by atoms with Crippen molar-refractivity contribution in [3.05, 3.63) is 63.6 Å². The predicted octanol–water partition coefficient (Wildman–Crippen LogP) is 3.66. The summed E-state index contributed by atoms with van der Waals surface area (Å²) in [4.78, 5) is 23.6. The second kappa shape index (κ2) is 7.63. The van der Waals surface area contributed by atoms with Crippen molar-refractivity contribution in [2.45, 2.75) is 0 Å². The van der Waals surface area contributed by atoms with E-state index < -0.39 is 18.5 Å². The topological polar surface area (TPSA) is 79.2 Å². The van der Waals surface area contributed by atoms with E-state index in [4.69, 9.17) is 33.2 Å². The van der Waals surface area contributed by atoms with Crippen LogP contribution in [0.4, 0.5) is 5.69 Å². The third-order valence-electron chi connectivity index (χ3n) is 2.81. The van der Waals surface area contributed by atoms with Crippen LogP contribution in [0.3, 0.4) is 0 Å². The van der Waals surface area contributed by atoms with Gasteiger partial charge in [-0.05, 0) is 36.4 Å². The summed E-state index contributed by atoms with van der Waals surface area (Å²) in [6.45, 7) is -0.486. The monoisotopic (exact) mass is 348 g/mol. The Morgan fingerprint density at radius 1 is 1.09 bits per heavy atom. The minimum absolute atomic E-state index is 0.243. The smallest absolute Gasteiger partial charge is 0.338 e. The molecule has 0 spiro atoms. The number of nitrogens with one attached hydrogen (secondary N) is 1. The molecule has 7 heteroatoms. The van der Waals surface area contributed by atoms with Crippen LogP contribution in [0, 0.1) is 11.3 Å². The van der Waals surface area contributed by atoms with Crippen molar-refractivity contribution < 1.29 is 14.3 Å². The van der Waals surface area contributed by atoms with E-state index in [2.05, 4.69) is 5.32 Å². The Labute approximate surface area is 142 Å². The van der Waals surface area contributed by atoms with Gasteiger partial charge in [-0.1, -0.05) is 29.3 Å². The predicted molar refractivity (Wildman–Crippen MR) is 86.5 cm³/mol. The number of benzene rings is 2. The largest absolute Gasteiger partial charge is 0.452 e. The lowest BCUT2D eigenvalue weighted by atomic mass is 10.1. The molecule has 0 unspecified atom stereocenters. The van der Waals surface area contributed by atoms with Gasteiger partial charge >= 0.3 is 5.97 Å². The fourth-order valence-corrected chi connectivity index (χ4v) is 2.18. The zero-order valence-corrected chi connectivity index (χ0v) is 13.2. The highest BCUT2D eigenvalue weighted by atomic mass is 35.5. The number of nitriles is 1. The maximum absolute atomic E-state index is 11.8. The van der Waals surface area contributed by atoms with Gasteiger partial charge in [0.2, 0.25) is 0 Å². The number of hydrogen-bond acceptors (Lipinski definition) is 4. The van der Waals surface area contributed by atoms with E-state index in [1.807, 2.05) is 6.07 Å². The minimum atomic E-state index is -0.671. The summed E-state index contributed by atoms with van der Waals surface area (Å²) < 4.78 is 4.90. The van der Waals surface area contributed by atoms with E-state index in [9.17, 15) is 9.59 Å². The summed E-state index contributed by atoms with van der Waals surface area (Å²) in [6, 6.07) is 12.6. The number of rotatable bonds is 4. The molecule has 116 valence electrons. The molecule has 0 bridgehead atoms. The van der Waals surface area contributed by atoms with Gasteiger partial charge in [-0.15, -0.1) is 0 Å². The number of hydrogen-bond donors (Lipinski definition) is 1. The van der Waals surface area contributed by atoms with Crippen LogP contribution in [-0.4, -0.2) is 18.5 Å². The number of halogens is 2. The molecule has 2 aromatic rings. The Hall–Kier alpha value is -2.55. The number of nitrogens with zero attached hydrogens (tertiary/aromatic N) is 1. The Kier molecular flexibility index (Phi) is 5.58. The zero-order chi connectivity index (χ0) is 16.8. The summed E-state index contributed by atoms with van der Waals surface area (Å²) in [5.74, 6) is -1.24. The number of esters is 1. The van der Waals surface area contributed by atoms with E-state index in [0.717, 1.165) is 0 Å². The van der Waals surface area contributed by atoms with Crippen LogP contribution in [0.2, 0.25) is 10.0 Å². The maximum Gasteiger partial charge on any atom is 0.338 e. The van der Waals surface area contributed by atoms with E-state index in [0.29, 0.717) is 5.56 Å². The molecule has 0 saturated carbocycles. The van der Waals surface area contributed by atoms with E-state index in [1.165, 1.54) is 24.3 Å². The fraction of sp³-hybridized carbons (Fsp3) is 0.0625. The first-order valence-corrected chi connectivity index (χ1v) is 7.18. The van der Waals surface area contributed by atoms with Crippen LogP contribution in [0.25, 0.3) is 0 Å². The highest BCUT2D eigenvalue weighted by Crippen LogP contribution is 2.29. The Bertz CT molecular complexity index is 763. The molecule has 0 aromatic heterocycles. The van der Waals surface area contributed by atoms with Crippen LogP contribution in [0.5, 0.6) is 0 Å². The first kappa shape index (κ1) is 16.8. The number of carbonyl (C=O) groups excluding carboxylic acids is 2. The molecule has 0 heterocycles. The minimum Gasteiger partial charge on any atom is -0.452 e. The SMILES string of the molecule is N#Cc1ccc(C(=O)OCC(=O)Nc2c(Cl)cccc2Cl)cc1. The second-order valence-corrected chi connectivity index (χ2v) is 5.22. The maximum atomic E-state index is 11.8. The average Bonchev–Trinajstić information content (AvgIpc) is 2.56. The standard InChI is InChI=1S/C16H10Cl2N2O3/c17-12-2-1-3-13(18)15(12)20-14(21)9-23-16(22)11-6-4-10(8-19)5-7-11/h1-7H,9H2,(H,20,21). The Morgan fingerprint density at radius 3 is 2.26 bits per heavy atom. The Morgan fingerprint density at radius 2 is 1.70 bits per heavy atom. The number of ether oxygens (including phenoxy) is 1. The number of carbonyl (C=O) groups is 2. The Balaban J connectivity index is 1.93. The van der Waals surface area contributed by atoms with Gasteiger partial charge in [0.1, 0.15) is 0 Å². The van der Waals surface area contributed by atoms with Crippen molar-refractivity contribution in [3.63, 3.8) is 0 Å². The van der Waals surface area contributed by atoms with Gasteiger partial charge in [0.25, 0.3) is 5.91 Å². The number of anilines is 1. The summed E-state index contributed by atoms with van der Waals surface area (Å²) in [5, 5.41) is 11.7. The molecule has 0 fully saturated rings. The van der Waals surface area contributed by atoms with Crippen LogP contribution in [0.1, 0.15) is 15.9 Å². The first-order valence-electron chi connectivity index (χ1n) is 6.42. The van der Waals surface area contributed by atoms with Crippen molar-refractivity contribution >= 4 is 40.8 Å². The summed E-state index contributed by atoms with van der Waals surface area (Å²) >= 11 is 11.9. The summed E-state index contributed by atoms with van der Waals surface area (Å²) in [6.07, 6.45) is 0. The van der Waals surface area contributed by atoms with Gasteiger partial charge in [-0.2, -0.15) is 5.26 Å². The molecule has 2 aromatic carbocycles. The molecule has 0 aliphatic heterocycles. The molecular formula is C16H10Cl2N2O3. The van der Waals surface area contributed by atoms with Gasteiger partial charge in [-0.3, -0.25) is 4.79 Å². The van der Waals surface area contributed by atoms with Crippen molar-refractivity contribution in [1.29, 1.82) is 5.26 Å². The lowest BCUT2D eigenvalue weighted by Gasteiger charge is -2.09. The highest BCUT2D eigenvalue weighted by molar-refractivity contribution is 6.39. The van der Waals surface area contributed by atoms with E-state index in [-0.39, 0.29) is 21.3 Å². The zero-order valence-electron chi connectivity index (χ0n) is 11.7. The number of amides is 1. The average molecular weight is 349 g/mol. The van der Waals surface area contributed by atoms with Gasteiger partial charge in [0.15, 0.2) is 6.61 Å². The quantitative estimate of drug-likeness (QED) is 0.855. The molecular weight excluding hydrogens is 339 g/mol. The van der Waals surface area contributed by atoms with Crippen LogP contribution < -0.4 is 5.32 Å². The van der Waals surface area contributed by atoms with Crippen molar-refractivity contribution in [1.82, 2.24) is 0 Å². The highest BCUT2D eigenvalue weighted by Gasteiger charge is 2.13. The van der Waals surface area contributed by atoms with Gasteiger partial charge in [0.05, 0.1) is 32.9 Å². The summed E-state index contributed by atoms with van der Waals surface area (Å²) in [5.41, 5.74) is 0.926. The molecule has 2 rings (SSSR count). The van der Waals surface area contributed by atoms with Crippen molar-refractivity contribution in [3.8, 4) is 6.07 Å². The molecule has 1 N–H and O–H groups in total. The van der Waals surface area contributed by atoms with Crippen LogP contribution in [-0.2, 0) is 9.53 Å². The van der Waals surface area contributed by atoms with E-state index in [1.54, 1.807) is 18.2 Å². The van der Waals surface area contributed by atoms with Gasteiger partial charge in [-0.25, -0.2) is 4.79 Å². The van der Waals surface area contributed by atoms with Crippen LogP contribution in [0.15, 0.2) is 42.5 Å². The van der Waals surface area contributed by atoms with Crippen molar-refractivity contribution in [2.75, 3.05) is 11.9 Å². The molecule has 0 aliphatic rings. The lowest BCUT2D eigenvalue weighted by Crippen LogP contribution is -2.21. The molecule has 0 saturated heterocycles. The third kappa shape index (κ3) is 4.46. The molecule has 23 heavy (non-hydrogen) atoms.